The minimum Gasteiger partial charge on any atom is -0.489 e. The maximum absolute atomic E-state index is 9.21. The predicted molar refractivity (Wildman–Crippen MR) is 69.6 cm³/mol. The number of aromatic nitrogens is 1. The molecule has 2 aromatic rings. The molecule has 0 aliphatic carbocycles. The summed E-state index contributed by atoms with van der Waals surface area (Å²) in [5, 5.41) is 27.3. The van der Waals surface area contributed by atoms with Gasteiger partial charge in [-0.2, -0.15) is 5.26 Å². The van der Waals surface area contributed by atoms with Crippen LogP contribution >= 0.6 is 0 Å². The van der Waals surface area contributed by atoms with Gasteiger partial charge in [0.2, 0.25) is 0 Å². The van der Waals surface area contributed by atoms with Crippen LogP contribution in [0.1, 0.15) is 11.3 Å². The molecule has 19 heavy (non-hydrogen) atoms. The SMILES string of the molecule is N#Cc1ncccc1COc1ccccc1B(O)O. The maximum atomic E-state index is 9.21. The number of nitriles is 1. The summed E-state index contributed by atoms with van der Waals surface area (Å²) >= 11 is 0. The Morgan fingerprint density at radius 3 is 2.74 bits per heavy atom. The number of benzene rings is 1. The number of nitrogens with zero attached hydrogens (tertiary/aromatic N) is 2. The summed E-state index contributed by atoms with van der Waals surface area (Å²) in [7, 11) is -1.60. The zero-order valence-corrected chi connectivity index (χ0v) is 10.0. The summed E-state index contributed by atoms with van der Waals surface area (Å²) in [5.74, 6) is 0.366. The molecule has 1 heterocycles. The lowest BCUT2D eigenvalue weighted by molar-refractivity contribution is 0.306. The van der Waals surface area contributed by atoms with Gasteiger partial charge < -0.3 is 14.8 Å². The number of ether oxygens (including phenoxy) is 1. The average molecular weight is 254 g/mol. The summed E-state index contributed by atoms with van der Waals surface area (Å²) in [4.78, 5) is 3.93. The van der Waals surface area contributed by atoms with E-state index in [0.29, 0.717) is 17.0 Å². The van der Waals surface area contributed by atoms with Crippen LogP contribution in [0.5, 0.6) is 5.75 Å². The summed E-state index contributed by atoms with van der Waals surface area (Å²) in [6.07, 6.45) is 1.54. The van der Waals surface area contributed by atoms with Crippen molar-refractivity contribution in [2.24, 2.45) is 0 Å². The Bertz CT molecular complexity index is 611. The summed E-state index contributed by atoms with van der Waals surface area (Å²) < 4.78 is 5.52. The van der Waals surface area contributed by atoms with E-state index in [-0.39, 0.29) is 12.1 Å². The van der Waals surface area contributed by atoms with Crippen LogP contribution in [0.2, 0.25) is 0 Å². The lowest BCUT2D eigenvalue weighted by Gasteiger charge is -2.11. The molecule has 0 fully saturated rings. The number of pyridine rings is 1. The molecule has 0 saturated heterocycles. The van der Waals surface area contributed by atoms with E-state index < -0.39 is 7.12 Å². The molecule has 0 spiro atoms. The number of rotatable bonds is 4. The van der Waals surface area contributed by atoms with Gasteiger partial charge in [-0.25, -0.2) is 4.98 Å². The van der Waals surface area contributed by atoms with Crippen molar-refractivity contribution in [1.82, 2.24) is 4.98 Å². The fourth-order valence-corrected chi connectivity index (χ4v) is 1.64. The average Bonchev–Trinajstić information content (AvgIpc) is 2.45. The first kappa shape index (κ1) is 13.1. The molecule has 0 saturated carbocycles. The van der Waals surface area contributed by atoms with Crippen LogP contribution in [0, 0.1) is 11.3 Å². The highest BCUT2D eigenvalue weighted by molar-refractivity contribution is 6.59. The second-order valence-corrected chi connectivity index (χ2v) is 3.82. The minimum absolute atomic E-state index is 0.139. The van der Waals surface area contributed by atoms with E-state index in [1.165, 1.54) is 6.20 Å². The Morgan fingerprint density at radius 1 is 1.21 bits per heavy atom. The van der Waals surface area contributed by atoms with E-state index in [1.54, 1.807) is 36.4 Å². The van der Waals surface area contributed by atoms with Crippen LogP contribution in [0.3, 0.4) is 0 Å². The van der Waals surface area contributed by atoms with E-state index >= 15 is 0 Å². The first-order valence-electron chi connectivity index (χ1n) is 5.64. The van der Waals surface area contributed by atoms with E-state index in [0.717, 1.165) is 0 Å². The molecule has 1 aromatic heterocycles. The summed E-state index contributed by atoms with van der Waals surface area (Å²) in [6.45, 7) is 0.139. The molecular formula is C13H11BN2O3. The molecule has 0 radical (unpaired) electrons. The highest BCUT2D eigenvalue weighted by Gasteiger charge is 2.16. The van der Waals surface area contributed by atoms with Crippen LogP contribution in [-0.2, 0) is 6.61 Å². The number of hydrogen-bond acceptors (Lipinski definition) is 5. The van der Waals surface area contributed by atoms with Gasteiger partial charge in [0.1, 0.15) is 24.1 Å². The quantitative estimate of drug-likeness (QED) is 0.762. The smallest absolute Gasteiger partial charge is 0.489 e. The van der Waals surface area contributed by atoms with E-state index in [4.69, 9.17) is 10.00 Å². The van der Waals surface area contributed by atoms with Crippen molar-refractivity contribution in [1.29, 1.82) is 5.26 Å². The molecule has 0 unspecified atom stereocenters. The van der Waals surface area contributed by atoms with Crippen LogP contribution in [0.15, 0.2) is 42.6 Å². The second-order valence-electron chi connectivity index (χ2n) is 3.82. The molecule has 94 valence electrons. The van der Waals surface area contributed by atoms with Gasteiger partial charge in [-0.3, -0.25) is 0 Å². The maximum Gasteiger partial charge on any atom is 0.492 e. The van der Waals surface area contributed by atoms with Gasteiger partial charge in [-0.05, 0) is 12.1 Å². The zero-order chi connectivity index (χ0) is 13.7. The lowest BCUT2D eigenvalue weighted by Crippen LogP contribution is -2.31. The largest absolute Gasteiger partial charge is 0.492 e. The second kappa shape index (κ2) is 6.00. The van der Waals surface area contributed by atoms with Crippen molar-refractivity contribution < 1.29 is 14.8 Å². The fraction of sp³-hybridized carbons (Fsp3) is 0.0769. The molecule has 0 aliphatic rings. The molecule has 2 N–H and O–H groups in total. The summed E-state index contributed by atoms with van der Waals surface area (Å²) in [6, 6.07) is 12.1. The third-order valence-electron chi connectivity index (χ3n) is 2.58. The number of para-hydroxylation sites is 1. The Hall–Kier alpha value is -2.36. The highest BCUT2D eigenvalue weighted by atomic mass is 16.5. The van der Waals surface area contributed by atoms with Crippen molar-refractivity contribution in [2.75, 3.05) is 0 Å². The van der Waals surface area contributed by atoms with Crippen molar-refractivity contribution in [3.8, 4) is 11.8 Å². The van der Waals surface area contributed by atoms with Gasteiger partial charge in [0, 0.05) is 17.2 Å². The highest BCUT2D eigenvalue weighted by Crippen LogP contribution is 2.12. The van der Waals surface area contributed by atoms with Crippen molar-refractivity contribution in [2.45, 2.75) is 6.61 Å². The molecular weight excluding hydrogens is 243 g/mol. The van der Waals surface area contributed by atoms with Crippen molar-refractivity contribution >= 4 is 12.6 Å². The topological polar surface area (TPSA) is 86.4 Å². The third-order valence-corrected chi connectivity index (χ3v) is 2.58. The molecule has 0 bridgehead atoms. The Balaban J connectivity index is 2.18. The molecule has 0 aliphatic heterocycles. The van der Waals surface area contributed by atoms with Gasteiger partial charge in [0.05, 0.1) is 0 Å². The lowest BCUT2D eigenvalue weighted by atomic mass is 9.79. The standard InChI is InChI=1S/C13H11BN2O3/c15-8-12-10(4-3-7-16-12)9-19-13-6-2-1-5-11(13)14(17)18/h1-7,17-18H,9H2. The van der Waals surface area contributed by atoms with Crippen LogP contribution < -0.4 is 10.2 Å². The predicted octanol–water partition coefficient (Wildman–Crippen LogP) is 0.212. The van der Waals surface area contributed by atoms with Gasteiger partial charge in [-0.15, -0.1) is 0 Å². The van der Waals surface area contributed by atoms with Crippen LogP contribution in [0.25, 0.3) is 0 Å². The first-order valence-corrected chi connectivity index (χ1v) is 5.64. The number of hydrogen-bond donors (Lipinski definition) is 2. The van der Waals surface area contributed by atoms with Crippen molar-refractivity contribution in [3.05, 3.63) is 53.9 Å². The van der Waals surface area contributed by atoms with Crippen LogP contribution in [0.4, 0.5) is 0 Å². The normalized spacial score (nSPS) is 9.74. The molecule has 1 aromatic carbocycles. The molecule has 5 nitrogen and oxygen atoms in total. The van der Waals surface area contributed by atoms with Gasteiger partial charge in [0.15, 0.2) is 0 Å². The minimum atomic E-state index is -1.60. The fourth-order valence-electron chi connectivity index (χ4n) is 1.64. The molecule has 0 atom stereocenters. The Morgan fingerprint density at radius 2 is 2.00 bits per heavy atom. The monoisotopic (exact) mass is 254 g/mol. The third kappa shape index (κ3) is 3.10. The molecule has 6 heteroatoms. The first-order chi connectivity index (χ1) is 9.22. The van der Waals surface area contributed by atoms with Gasteiger partial charge in [-0.1, -0.05) is 24.3 Å². The summed E-state index contributed by atoms with van der Waals surface area (Å²) in [5.41, 5.74) is 1.22. The zero-order valence-electron chi connectivity index (χ0n) is 10.0. The van der Waals surface area contributed by atoms with Gasteiger partial charge >= 0.3 is 7.12 Å². The molecule has 0 amide bonds. The Kier molecular flexibility index (Phi) is 4.13. The van der Waals surface area contributed by atoms with E-state index in [9.17, 15) is 10.0 Å². The van der Waals surface area contributed by atoms with E-state index in [2.05, 4.69) is 4.98 Å². The van der Waals surface area contributed by atoms with E-state index in [1.807, 2.05) is 6.07 Å². The van der Waals surface area contributed by atoms with Crippen LogP contribution in [-0.4, -0.2) is 22.2 Å². The van der Waals surface area contributed by atoms with Gasteiger partial charge in [0.25, 0.3) is 0 Å². The Labute approximate surface area is 110 Å². The van der Waals surface area contributed by atoms with Crippen molar-refractivity contribution in [3.63, 3.8) is 0 Å². The molecule has 2 rings (SSSR count).